The molecule has 10 heteroatoms. The number of nitrogens with one attached hydrogen (secondary N) is 1. The van der Waals surface area contributed by atoms with Gasteiger partial charge in [-0.15, -0.1) is 0 Å². The summed E-state index contributed by atoms with van der Waals surface area (Å²) in [5, 5.41) is 4.09. The second-order valence-corrected chi connectivity index (χ2v) is 13.9. The number of nitrogens with zero attached hydrogens (tertiary/aromatic N) is 2. The minimum atomic E-state index is -4.17. The van der Waals surface area contributed by atoms with Gasteiger partial charge < -0.3 is 10.2 Å². The van der Waals surface area contributed by atoms with Crippen molar-refractivity contribution in [1.82, 2.24) is 10.2 Å². The number of hydrogen-bond donors (Lipinski definition) is 1. The maximum absolute atomic E-state index is 14.3. The maximum Gasteiger partial charge on any atom is 0.264 e. The first-order chi connectivity index (χ1) is 20.5. The minimum absolute atomic E-state index is 0.0499. The highest BCUT2D eigenvalue weighted by Gasteiger charge is 2.34. The molecule has 1 aliphatic carbocycles. The molecule has 0 aliphatic heterocycles. The van der Waals surface area contributed by atoms with Gasteiger partial charge in [0.25, 0.3) is 10.0 Å². The Morgan fingerprint density at radius 1 is 0.930 bits per heavy atom. The van der Waals surface area contributed by atoms with Gasteiger partial charge in [-0.1, -0.05) is 85.3 Å². The normalized spacial score (nSPS) is 14.6. The highest BCUT2D eigenvalue weighted by molar-refractivity contribution is 7.92. The number of carbonyl (C=O) groups is 2. The molecule has 3 aromatic carbocycles. The van der Waals surface area contributed by atoms with Crippen LogP contribution in [0.3, 0.4) is 0 Å². The van der Waals surface area contributed by atoms with Crippen molar-refractivity contribution >= 4 is 50.7 Å². The fourth-order valence-electron chi connectivity index (χ4n) is 5.35. The standard InChI is InChI=1S/C33H39Cl2N3O4S/c1-4-31(33(40)36-27-8-6-5-7-9-27)37(21-25-13-15-26(34)16-14-25)32(39)22-38(28-17-12-24(3)30(35)20-28)43(41,42)29-18-10-23(2)11-19-29/h10-20,27,31H,4-9,21-22H2,1-3H3,(H,36,40). The van der Waals surface area contributed by atoms with Crippen molar-refractivity contribution in [3.63, 3.8) is 0 Å². The van der Waals surface area contributed by atoms with E-state index in [4.69, 9.17) is 23.2 Å². The van der Waals surface area contributed by atoms with E-state index >= 15 is 0 Å². The predicted octanol–water partition coefficient (Wildman–Crippen LogP) is 7.06. The Balaban J connectivity index is 1.72. The van der Waals surface area contributed by atoms with E-state index < -0.39 is 28.5 Å². The summed E-state index contributed by atoms with van der Waals surface area (Å²) in [7, 11) is -4.17. The molecule has 7 nitrogen and oxygen atoms in total. The van der Waals surface area contributed by atoms with E-state index in [1.807, 2.05) is 20.8 Å². The van der Waals surface area contributed by atoms with Crippen molar-refractivity contribution in [2.45, 2.75) is 82.8 Å². The lowest BCUT2D eigenvalue weighted by molar-refractivity contribution is -0.140. The van der Waals surface area contributed by atoms with Gasteiger partial charge in [-0.05, 0) is 80.6 Å². The van der Waals surface area contributed by atoms with Crippen LogP contribution in [0.4, 0.5) is 5.69 Å². The van der Waals surface area contributed by atoms with E-state index in [0.717, 1.165) is 53.1 Å². The van der Waals surface area contributed by atoms with Crippen molar-refractivity contribution in [2.24, 2.45) is 0 Å². The summed E-state index contributed by atoms with van der Waals surface area (Å²) in [6.07, 6.45) is 5.44. The number of aryl methyl sites for hydroxylation is 2. The van der Waals surface area contributed by atoms with Crippen LogP contribution in [0.5, 0.6) is 0 Å². The first kappa shape index (κ1) is 32.8. The molecule has 0 spiro atoms. The minimum Gasteiger partial charge on any atom is -0.352 e. The van der Waals surface area contributed by atoms with Gasteiger partial charge in [-0.3, -0.25) is 13.9 Å². The smallest absolute Gasteiger partial charge is 0.264 e. The maximum atomic E-state index is 14.3. The van der Waals surface area contributed by atoms with Crippen LogP contribution < -0.4 is 9.62 Å². The number of rotatable bonds is 11. The monoisotopic (exact) mass is 643 g/mol. The van der Waals surface area contributed by atoms with E-state index in [1.165, 1.54) is 17.0 Å². The SMILES string of the molecule is CCC(C(=O)NC1CCCCC1)N(Cc1ccc(Cl)cc1)C(=O)CN(c1ccc(C)c(Cl)c1)S(=O)(=O)c1ccc(C)cc1. The molecule has 43 heavy (non-hydrogen) atoms. The molecule has 1 fully saturated rings. The lowest BCUT2D eigenvalue weighted by Crippen LogP contribution is -2.54. The van der Waals surface area contributed by atoms with Gasteiger partial charge >= 0.3 is 0 Å². The number of hydrogen-bond acceptors (Lipinski definition) is 4. The summed E-state index contributed by atoms with van der Waals surface area (Å²) in [6, 6.07) is 17.7. The lowest BCUT2D eigenvalue weighted by Gasteiger charge is -2.34. The first-order valence-corrected chi connectivity index (χ1v) is 16.9. The van der Waals surface area contributed by atoms with Crippen LogP contribution in [-0.2, 0) is 26.2 Å². The summed E-state index contributed by atoms with van der Waals surface area (Å²) >= 11 is 12.5. The van der Waals surface area contributed by atoms with Crippen LogP contribution in [0.15, 0.2) is 71.6 Å². The highest BCUT2D eigenvalue weighted by Crippen LogP contribution is 2.29. The molecule has 0 saturated heterocycles. The zero-order valence-electron chi connectivity index (χ0n) is 24.9. The van der Waals surface area contributed by atoms with Crippen molar-refractivity contribution in [3.05, 3.63) is 93.5 Å². The summed E-state index contributed by atoms with van der Waals surface area (Å²) in [6.45, 7) is 5.14. The first-order valence-electron chi connectivity index (χ1n) is 14.7. The Kier molecular flexibility index (Phi) is 11.2. The third-order valence-electron chi connectivity index (χ3n) is 7.93. The Labute approximate surface area is 265 Å². The highest BCUT2D eigenvalue weighted by atomic mass is 35.5. The van der Waals surface area contributed by atoms with Gasteiger partial charge in [-0.2, -0.15) is 0 Å². The van der Waals surface area contributed by atoms with E-state index in [1.54, 1.807) is 54.6 Å². The van der Waals surface area contributed by atoms with Crippen molar-refractivity contribution in [3.8, 4) is 0 Å². The molecule has 230 valence electrons. The molecule has 1 saturated carbocycles. The van der Waals surface area contributed by atoms with E-state index in [9.17, 15) is 18.0 Å². The Morgan fingerprint density at radius 3 is 2.19 bits per heavy atom. The lowest BCUT2D eigenvalue weighted by atomic mass is 9.95. The van der Waals surface area contributed by atoms with Crippen LogP contribution in [-0.4, -0.2) is 43.8 Å². The zero-order valence-corrected chi connectivity index (χ0v) is 27.2. The Morgan fingerprint density at radius 2 is 1.58 bits per heavy atom. The van der Waals surface area contributed by atoms with E-state index in [2.05, 4.69) is 5.32 Å². The van der Waals surface area contributed by atoms with Crippen molar-refractivity contribution in [1.29, 1.82) is 0 Å². The Hall–Kier alpha value is -3.07. The van der Waals surface area contributed by atoms with Crippen LogP contribution in [0.2, 0.25) is 10.0 Å². The average Bonchev–Trinajstić information content (AvgIpc) is 2.99. The second kappa shape index (κ2) is 14.6. The van der Waals surface area contributed by atoms with Crippen molar-refractivity contribution < 1.29 is 18.0 Å². The second-order valence-electron chi connectivity index (χ2n) is 11.2. The van der Waals surface area contributed by atoms with Gasteiger partial charge in [0.05, 0.1) is 10.6 Å². The molecular formula is C33H39Cl2N3O4S. The molecule has 0 aromatic heterocycles. The summed E-state index contributed by atoms with van der Waals surface area (Å²) in [5.74, 6) is -0.740. The summed E-state index contributed by atoms with van der Waals surface area (Å²) in [4.78, 5) is 29.4. The van der Waals surface area contributed by atoms with Crippen LogP contribution in [0, 0.1) is 13.8 Å². The molecule has 0 heterocycles. The van der Waals surface area contributed by atoms with Crippen molar-refractivity contribution in [2.75, 3.05) is 10.8 Å². The fraction of sp³-hybridized carbons (Fsp3) is 0.394. The molecule has 2 amide bonds. The van der Waals surface area contributed by atoms with E-state index in [-0.39, 0.29) is 29.1 Å². The molecule has 3 aromatic rings. The van der Waals surface area contributed by atoms with Crippen LogP contribution in [0.25, 0.3) is 0 Å². The number of sulfonamides is 1. The Bertz CT molecular complexity index is 1520. The molecular weight excluding hydrogens is 605 g/mol. The number of benzene rings is 3. The molecule has 0 bridgehead atoms. The number of halogens is 2. The van der Waals surface area contributed by atoms with Gasteiger partial charge in [0.1, 0.15) is 12.6 Å². The van der Waals surface area contributed by atoms with Crippen LogP contribution >= 0.6 is 23.2 Å². The molecule has 0 radical (unpaired) electrons. The van der Waals surface area contributed by atoms with Gasteiger partial charge in [0.2, 0.25) is 11.8 Å². The number of anilines is 1. The number of amides is 2. The van der Waals surface area contributed by atoms with Gasteiger partial charge in [-0.25, -0.2) is 8.42 Å². The third-order valence-corrected chi connectivity index (χ3v) is 10.4. The predicted molar refractivity (Wildman–Crippen MR) is 173 cm³/mol. The van der Waals surface area contributed by atoms with Gasteiger partial charge in [0.15, 0.2) is 0 Å². The van der Waals surface area contributed by atoms with Gasteiger partial charge in [0, 0.05) is 22.6 Å². The van der Waals surface area contributed by atoms with Crippen LogP contribution in [0.1, 0.15) is 62.1 Å². The number of carbonyl (C=O) groups excluding carboxylic acids is 2. The zero-order chi connectivity index (χ0) is 31.1. The molecule has 1 atom stereocenters. The topological polar surface area (TPSA) is 86.8 Å². The van der Waals surface area contributed by atoms with E-state index in [0.29, 0.717) is 16.5 Å². The quantitative estimate of drug-likeness (QED) is 0.242. The molecule has 1 unspecified atom stereocenters. The molecule has 1 aliphatic rings. The third kappa shape index (κ3) is 8.31. The summed E-state index contributed by atoms with van der Waals surface area (Å²) in [5.41, 5.74) is 2.71. The molecule has 1 N–H and O–H groups in total. The average molecular weight is 645 g/mol. The molecule has 4 rings (SSSR count). The summed E-state index contributed by atoms with van der Waals surface area (Å²) < 4.78 is 29.2. The fourth-order valence-corrected chi connectivity index (χ4v) is 7.06. The largest absolute Gasteiger partial charge is 0.352 e.